The zero-order valence-electron chi connectivity index (χ0n) is 13.0. The normalized spacial score (nSPS) is 10.9. The van der Waals surface area contributed by atoms with Gasteiger partial charge in [0.15, 0.2) is 0 Å². The van der Waals surface area contributed by atoms with Gasteiger partial charge in [0.05, 0.1) is 0 Å². The summed E-state index contributed by atoms with van der Waals surface area (Å²) in [6.45, 7) is 4.67. The quantitative estimate of drug-likeness (QED) is 0.804. The molecule has 0 bridgehead atoms. The molecule has 3 N–H and O–H groups in total. The standard InChI is InChI=1S/C17H21N3O2/c1-12(2)14-11-15(13-7-4-3-5-8-13)19-20(17(14)18)10-6-9-16(21)22/h3-5,7-8,11-12,18H,6,9-10H2,1-2H3,(H,21,22)/p+1. The Kier molecular flexibility index (Phi) is 5.09. The van der Waals surface area contributed by atoms with Crippen LogP contribution in [0.25, 0.3) is 11.3 Å². The van der Waals surface area contributed by atoms with E-state index >= 15 is 0 Å². The molecule has 0 saturated heterocycles. The van der Waals surface area contributed by atoms with Crippen molar-refractivity contribution >= 4 is 11.8 Å². The molecule has 5 nitrogen and oxygen atoms in total. The minimum absolute atomic E-state index is 0.112. The van der Waals surface area contributed by atoms with Crippen molar-refractivity contribution in [2.24, 2.45) is 0 Å². The maximum Gasteiger partial charge on any atom is 0.303 e. The molecule has 0 fully saturated rings. The van der Waals surface area contributed by atoms with E-state index in [0.717, 1.165) is 16.8 Å². The summed E-state index contributed by atoms with van der Waals surface area (Å²) in [7, 11) is 0. The smallest absolute Gasteiger partial charge is 0.303 e. The van der Waals surface area contributed by atoms with E-state index in [4.69, 9.17) is 10.8 Å². The fourth-order valence-electron chi connectivity index (χ4n) is 2.35. The van der Waals surface area contributed by atoms with Crippen molar-refractivity contribution in [3.05, 3.63) is 42.0 Å². The molecular weight excluding hydrogens is 278 g/mol. The van der Waals surface area contributed by atoms with Gasteiger partial charge >= 0.3 is 5.97 Å². The van der Waals surface area contributed by atoms with Gasteiger partial charge in [0.2, 0.25) is 0 Å². The number of benzene rings is 1. The lowest BCUT2D eigenvalue weighted by molar-refractivity contribution is -0.740. The van der Waals surface area contributed by atoms with Crippen molar-refractivity contribution in [2.45, 2.75) is 39.2 Å². The number of carboxylic acids is 1. The van der Waals surface area contributed by atoms with Gasteiger partial charge in [0.1, 0.15) is 12.2 Å². The second kappa shape index (κ2) is 7.02. The Morgan fingerprint density at radius 1 is 1.32 bits per heavy atom. The Morgan fingerprint density at radius 2 is 2.00 bits per heavy atom. The molecule has 0 atom stereocenters. The number of nitrogens with zero attached hydrogens (tertiary/aromatic N) is 2. The molecule has 5 heteroatoms. The van der Waals surface area contributed by atoms with Crippen LogP contribution >= 0.6 is 0 Å². The first-order chi connectivity index (χ1) is 10.5. The van der Waals surface area contributed by atoms with Crippen molar-refractivity contribution in [2.75, 3.05) is 5.73 Å². The van der Waals surface area contributed by atoms with E-state index in [1.54, 1.807) is 4.68 Å². The molecule has 1 aromatic heterocycles. The lowest BCUT2D eigenvalue weighted by Gasteiger charge is -2.11. The molecular formula is C17H22N3O2+. The van der Waals surface area contributed by atoms with Gasteiger partial charge in [-0.25, -0.2) is 0 Å². The van der Waals surface area contributed by atoms with E-state index < -0.39 is 5.97 Å². The average Bonchev–Trinajstić information content (AvgIpc) is 2.49. The minimum atomic E-state index is -0.803. The van der Waals surface area contributed by atoms with Crippen LogP contribution in [-0.2, 0) is 11.3 Å². The SMILES string of the molecule is CC(C)c1cc(-c2ccccc2)n[n+](CCCC(=O)O)c1N. The van der Waals surface area contributed by atoms with Crippen LogP contribution in [0.5, 0.6) is 0 Å². The summed E-state index contributed by atoms with van der Waals surface area (Å²) in [5, 5.41) is 13.4. The number of carbonyl (C=O) groups is 1. The van der Waals surface area contributed by atoms with Crippen molar-refractivity contribution < 1.29 is 14.6 Å². The molecule has 2 rings (SSSR count). The van der Waals surface area contributed by atoms with E-state index in [2.05, 4.69) is 18.9 Å². The van der Waals surface area contributed by atoms with Crippen LogP contribution in [0.3, 0.4) is 0 Å². The number of anilines is 1. The highest BCUT2D eigenvalue weighted by molar-refractivity contribution is 5.66. The molecule has 1 heterocycles. The molecule has 0 aliphatic rings. The number of nitrogen functional groups attached to an aromatic ring is 1. The third-order valence-electron chi connectivity index (χ3n) is 3.55. The van der Waals surface area contributed by atoms with Gasteiger partial charge in [-0.05, 0) is 18.4 Å². The van der Waals surface area contributed by atoms with Crippen molar-refractivity contribution in [1.29, 1.82) is 0 Å². The summed E-state index contributed by atoms with van der Waals surface area (Å²) in [4.78, 5) is 10.7. The number of hydrogen-bond acceptors (Lipinski definition) is 3. The molecule has 0 unspecified atom stereocenters. The van der Waals surface area contributed by atoms with Crippen molar-refractivity contribution in [3.63, 3.8) is 0 Å². The van der Waals surface area contributed by atoms with Gasteiger partial charge < -0.3 is 5.11 Å². The van der Waals surface area contributed by atoms with Crippen LogP contribution in [0.2, 0.25) is 0 Å². The van der Waals surface area contributed by atoms with Crippen LogP contribution in [-0.4, -0.2) is 16.2 Å². The summed E-state index contributed by atoms with van der Waals surface area (Å²) >= 11 is 0. The number of aliphatic carboxylic acids is 1. The zero-order chi connectivity index (χ0) is 16.1. The summed E-state index contributed by atoms with van der Waals surface area (Å²) < 4.78 is 1.72. The van der Waals surface area contributed by atoms with Crippen LogP contribution in [0.1, 0.15) is 38.2 Å². The monoisotopic (exact) mass is 300 g/mol. The van der Waals surface area contributed by atoms with Crippen LogP contribution in [0.4, 0.5) is 5.82 Å². The number of nitrogens with two attached hydrogens (primary N) is 1. The molecule has 1 aromatic carbocycles. The second-order valence-electron chi connectivity index (χ2n) is 5.61. The molecule has 0 aliphatic carbocycles. The Morgan fingerprint density at radius 3 is 2.59 bits per heavy atom. The second-order valence-corrected chi connectivity index (χ2v) is 5.61. The summed E-state index contributed by atoms with van der Waals surface area (Å²) in [5.41, 5.74) is 9.11. The molecule has 22 heavy (non-hydrogen) atoms. The van der Waals surface area contributed by atoms with Gasteiger partial charge in [-0.3, -0.25) is 10.5 Å². The van der Waals surface area contributed by atoms with Crippen LogP contribution in [0, 0.1) is 0 Å². The van der Waals surface area contributed by atoms with Gasteiger partial charge in [-0.2, -0.15) is 0 Å². The van der Waals surface area contributed by atoms with Gasteiger partial charge in [-0.15, -0.1) is 4.68 Å². The van der Waals surface area contributed by atoms with Crippen molar-refractivity contribution in [3.8, 4) is 11.3 Å². The van der Waals surface area contributed by atoms with Crippen LogP contribution in [0.15, 0.2) is 36.4 Å². The van der Waals surface area contributed by atoms with Crippen LogP contribution < -0.4 is 10.4 Å². The van der Waals surface area contributed by atoms with Gasteiger partial charge in [0, 0.05) is 17.5 Å². The average molecular weight is 300 g/mol. The first-order valence-corrected chi connectivity index (χ1v) is 7.46. The Hall–Kier alpha value is -2.43. The first-order valence-electron chi connectivity index (χ1n) is 7.46. The molecule has 0 amide bonds. The summed E-state index contributed by atoms with van der Waals surface area (Å²) in [6, 6.07) is 11.9. The largest absolute Gasteiger partial charge is 0.481 e. The number of carboxylic acid groups (broad SMARTS) is 1. The van der Waals surface area contributed by atoms with E-state index in [1.165, 1.54) is 0 Å². The predicted octanol–water partition coefficient (Wildman–Crippen LogP) is 2.61. The number of hydrogen-bond donors (Lipinski definition) is 2. The highest BCUT2D eigenvalue weighted by atomic mass is 16.4. The Labute approximate surface area is 130 Å². The Bertz CT molecular complexity index is 654. The molecule has 0 saturated carbocycles. The lowest BCUT2D eigenvalue weighted by Crippen LogP contribution is -2.42. The van der Waals surface area contributed by atoms with E-state index in [9.17, 15) is 4.79 Å². The summed E-state index contributed by atoms with van der Waals surface area (Å²) in [5.74, 6) is 0.0822. The maximum atomic E-state index is 10.7. The highest BCUT2D eigenvalue weighted by Crippen LogP contribution is 2.24. The van der Waals surface area contributed by atoms with Gasteiger partial charge in [0.25, 0.3) is 5.82 Å². The van der Waals surface area contributed by atoms with Gasteiger partial charge in [-0.1, -0.05) is 49.3 Å². The number of rotatable bonds is 6. The maximum absolute atomic E-state index is 10.7. The lowest BCUT2D eigenvalue weighted by atomic mass is 10.0. The van der Waals surface area contributed by atoms with E-state index in [1.807, 2.05) is 36.4 Å². The first kappa shape index (κ1) is 15.9. The summed E-state index contributed by atoms with van der Waals surface area (Å²) in [6.07, 6.45) is 0.619. The Balaban J connectivity index is 2.39. The fraction of sp³-hybridized carbons (Fsp3) is 0.353. The molecule has 0 aliphatic heterocycles. The molecule has 0 radical (unpaired) electrons. The van der Waals surface area contributed by atoms with Crippen molar-refractivity contribution in [1.82, 2.24) is 5.10 Å². The topological polar surface area (TPSA) is 80.1 Å². The van der Waals surface area contributed by atoms with E-state index in [-0.39, 0.29) is 12.3 Å². The third kappa shape index (κ3) is 3.81. The van der Waals surface area contributed by atoms with E-state index in [0.29, 0.717) is 18.8 Å². The predicted molar refractivity (Wildman–Crippen MR) is 85.2 cm³/mol. The fourth-order valence-corrected chi connectivity index (χ4v) is 2.35. The number of aryl methyl sites for hydroxylation is 1. The number of aromatic nitrogens is 2. The molecule has 116 valence electrons. The highest BCUT2D eigenvalue weighted by Gasteiger charge is 2.18. The third-order valence-corrected chi connectivity index (χ3v) is 3.55. The minimum Gasteiger partial charge on any atom is -0.481 e. The molecule has 0 spiro atoms. The molecule has 2 aromatic rings. The zero-order valence-corrected chi connectivity index (χ0v) is 13.0.